The average Bonchev–Trinajstić information content (AvgIpc) is 3.39. The number of aliphatic hydroxyl groups is 2. The molecule has 4 unspecified atom stereocenters. The SMILES string of the molecule is C/C=C/CC/C=C/CC/C=C/CCCC(O)C(O)C(COP(=O)([O-])OCC[N+](C)(C)C)NC(=O)CCCCCCCCCCCCCCCCCCCCCCCCCCCCCCC/C=C\CCCCCCCCCC. The molecule has 0 radical (unpaired) electrons. The van der Waals surface area contributed by atoms with Crippen LogP contribution in [0.1, 0.15) is 316 Å². The number of aliphatic hydroxyl groups excluding tert-OH is 2. The van der Waals surface area contributed by atoms with Gasteiger partial charge in [-0.1, -0.05) is 274 Å². The number of carbonyl (C=O) groups is 1. The lowest BCUT2D eigenvalue weighted by atomic mass is 10.0. The highest BCUT2D eigenvalue weighted by Crippen LogP contribution is 2.38. The number of phosphoric ester groups is 1. The summed E-state index contributed by atoms with van der Waals surface area (Å²) in [5.74, 6) is -0.291. The molecule has 0 rings (SSSR count). The van der Waals surface area contributed by atoms with E-state index in [4.69, 9.17) is 9.05 Å². The van der Waals surface area contributed by atoms with Crippen molar-refractivity contribution in [3.8, 4) is 0 Å². The Balaban J connectivity index is 3.88. The van der Waals surface area contributed by atoms with Crippen molar-refractivity contribution >= 4 is 13.7 Å². The molecule has 4 atom stereocenters. The predicted molar refractivity (Wildman–Crippen MR) is 331 cm³/mol. The second-order valence-corrected chi connectivity index (χ2v) is 25.4. The fourth-order valence-electron chi connectivity index (χ4n) is 10.00. The first kappa shape index (κ1) is 75.4. The van der Waals surface area contributed by atoms with Crippen molar-refractivity contribution in [1.82, 2.24) is 5.32 Å². The van der Waals surface area contributed by atoms with Crippen LogP contribution >= 0.6 is 7.82 Å². The number of rotatable bonds is 61. The topological polar surface area (TPSA) is 128 Å². The highest BCUT2D eigenvalue weighted by atomic mass is 31.2. The largest absolute Gasteiger partial charge is 0.756 e. The van der Waals surface area contributed by atoms with Gasteiger partial charge in [-0.2, -0.15) is 0 Å². The molecule has 0 fully saturated rings. The van der Waals surface area contributed by atoms with Crippen LogP contribution in [0, 0.1) is 0 Å². The maximum Gasteiger partial charge on any atom is 0.268 e. The summed E-state index contributed by atoms with van der Waals surface area (Å²) < 4.78 is 23.2. The molecule has 0 spiro atoms. The van der Waals surface area contributed by atoms with Gasteiger partial charge in [-0.05, 0) is 84.0 Å². The zero-order chi connectivity index (χ0) is 56.4. The first-order valence-electron chi connectivity index (χ1n) is 33.0. The molecule has 0 aliphatic carbocycles. The molecule has 454 valence electrons. The third-order valence-corrected chi connectivity index (χ3v) is 16.1. The smallest absolute Gasteiger partial charge is 0.268 e. The fourth-order valence-corrected chi connectivity index (χ4v) is 10.7. The Labute approximate surface area is 478 Å². The van der Waals surface area contributed by atoms with Crippen molar-refractivity contribution in [1.29, 1.82) is 0 Å². The van der Waals surface area contributed by atoms with Gasteiger partial charge in [-0.3, -0.25) is 9.36 Å². The monoisotopic (exact) mass is 1100 g/mol. The van der Waals surface area contributed by atoms with Gasteiger partial charge < -0.3 is 34.0 Å². The zero-order valence-corrected chi connectivity index (χ0v) is 52.4. The molecule has 0 aliphatic heterocycles. The number of nitrogens with zero attached hydrogens (tertiary/aromatic N) is 1. The summed E-state index contributed by atoms with van der Waals surface area (Å²) in [6.45, 7) is 4.22. The van der Waals surface area contributed by atoms with Gasteiger partial charge in [0.1, 0.15) is 19.3 Å². The number of amides is 1. The van der Waals surface area contributed by atoms with Gasteiger partial charge >= 0.3 is 0 Å². The number of hydrogen-bond acceptors (Lipinski definition) is 7. The highest BCUT2D eigenvalue weighted by molar-refractivity contribution is 7.45. The van der Waals surface area contributed by atoms with Crippen LogP contribution in [0.2, 0.25) is 0 Å². The Morgan fingerprint density at radius 2 is 0.805 bits per heavy atom. The fraction of sp³-hybridized carbons (Fsp3) is 0.866. The number of unbranched alkanes of at least 4 members (excludes halogenated alkanes) is 40. The molecule has 0 saturated carbocycles. The van der Waals surface area contributed by atoms with Gasteiger partial charge in [-0.25, -0.2) is 0 Å². The molecule has 0 aliphatic rings. The van der Waals surface area contributed by atoms with Crippen molar-refractivity contribution < 1.29 is 38.0 Å². The van der Waals surface area contributed by atoms with E-state index in [1.54, 1.807) is 0 Å². The van der Waals surface area contributed by atoms with Crippen LogP contribution in [0.15, 0.2) is 48.6 Å². The van der Waals surface area contributed by atoms with Crippen LogP contribution in [0.3, 0.4) is 0 Å². The molecule has 0 heterocycles. The van der Waals surface area contributed by atoms with Crippen LogP contribution in [-0.2, 0) is 18.4 Å². The first-order valence-corrected chi connectivity index (χ1v) is 34.5. The third-order valence-electron chi connectivity index (χ3n) is 15.2. The van der Waals surface area contributed by atoms with Crippen molar-refractivity contribution in [3.05, 3.63) is 48.6 Å². The molecule has 10 heteroatoms. The lowest BCUT2D eigenvalue weighted by molar-refractivity contribution is -0.870. The van der Waals surface area contributed by atoms with Gasteiger partial charge in [0.05, 0.1) is 39.9 Å². The molecule has 0 aromatic carbocycles. The summed E-state index contributed by atoms with van der Waals surface area (Å²) in [5.41, 5.74) is 0. The van der Waals surface area contributed by atoms with Crippen molar-refractivity contribution in [2.24, 2.45) is 0 Å². The molecule has 3 N–H and O–H groups in total. The van der Waals surface area contributed by atoms with E-state index in [0.29, 0.717) is 30.3 Å². The van der Waals surface area contributed by atoms with Gasteiger partial charge in [0.15, 0.2) is 0 Å². The van der Waals surface area contributed by atoms with Gasteiger partial charge in [0.2, 0.25) is 5.91 Å². The van der Waals surface area contributed by atoms with E-state index >= 15 is 0 Å². The lowest BCUT2D eigenvalue weighted by Crippen LogP contribution is -2.51. The number of quaternary nitrogens is 1. The molecule has 1 amide bonds. The first-order chi connectivity index (χ1) is 37.4. The predicted octanol–water partition coefficient (Wildman–Crippen LogP) is 19.0. The molecule has 0 saturated heterocycles. The molecular weight excluding hydrogens is 976 g/mol. The molecule has 0 aromatic heterocycles. The van der Waals surface area contributed by atoms with E-state index in [1.165, 1.54) is 225 Å². The van der Waals surface area contributed by atoms with Gasteiger partial charge in [0, 0.05) is 6.42 Å². The number of likely N-dealkylation sites (N-methyl/N-ethyl adjacent to an activating group) is 1. The average molecular weight is 1110 g/mol. The highest BCUT2D eigenvalue weighted by Gasteiger charge is 2.29. The number of nitrogens with one attached hydrogen (secondary N) is 1. The Kier molecular flexibility index (Phi) is 56.5. The van der Waals surface area contributed by atoms with E-state index in [2.05, 4.69) is 60.8 Å². The molecule has 0 bridgehead atoms. The molecule has 77 heavy (non-hydrogen) atoms. The maximum absolute atomic E-state index is 13.0. The van der Waals surface area contributed by atoms with E-state index in [1.807, 2.05) is 28.1 Å². The Hall–Kier alpha value is -1.58. The van der Waals surface area contributed by atoms with E-state index in [-0.39, 0.29) is 18.9 Å². The summed E-state index contributed by atoms with van der Waals surface area (Å²) in [5, 5.41) is 24.7. The quantitative estimate of drug-likeness (QED) is 0.0239. The van der Waals surface area contributed by atoms with Crippen molar-refractivity contribution in [2.45, 2.75) is 334 Å². The van der Waals surface area contributed by atoms with Crippen LogP contribution < -0.4 is 10.2 Å². The number of allylic oxidation sites excluding steroid dienone is 8. The molecule has 0 aromatic rings. The van der Waals surface area contributed by atoms with Crippen LogP contribution in [0.5, 0.6) is 0 Å². The second kappa shape index (κ2) is 57.6. The van der Waals surface area contributed by atoms with Crippen LogP contribution in [0.4, 0.5) is 0 Å². The van der Waals surface area contributed by atoms with Crippen molar-refractivity contribution in [3.63, 3.8) is 0 Å². The van der Waals surface area contributed by atoms with E-state index in [0.717, 1.165) is 51.4 Å². The van der Waals surface area contributed by atoms with Crippen LogP contribution in [-0.4, -0.2) is 79.8 Å². The third kappa shape index (κ3) is 58.9. The van der Waals surface area contributed by atoms with Crippen molar-refractivity contribution in [2.75, 3.05) is 40.9 Å². The summed E-state index contributed by atoms with van der Waals surface area (Å²) in [7, 11) is 1.10. The maximum atomic E-state index is 13.0. The summed E-state index contributed by atoms with van der Waals surface area (Å²) in [6.07, 6.45) is 74.0. The number of phosphoric acid groups is 1. The van der Waals surface area contributed by atoms with Crippen LogP contribution in [0.25, 0.3) is 0 Å². The number of carbonyl (C=O) groups excluding carboxylic acids is 1. The summed E-state index contributed by atoms with van der Waals surface area (Å²) in [6, 6.07) is -1.10. The van der Waals surface area contributed by atoms with Gasteiger partial charge in [0.25, 0.3) is 7.82 Å². The Morgan fingerprint density at radius 3 is 1.17 bits per heavy atom. The minimum Gasteiger partial charge on any atom is -0.756 e. The minimum atomic E-state index is -4.69. The zero-order valence-electron chi connectivity index (χ0n) is 51.5. The summed E-state index contributed by atoms with van der Waals surface area (Å²) >= 11 is 0. The summed E-state index contributed by atoms with van der Waals surface area (Å²) in [4.78, 5) is 25.5. The normalized spacial score (nSPS) is 14.4. The van der Waals surface area contributed by atoms with E-state index in [9.17, 15) is 24.5 Å². The lowest BCUT2D eigenvalue weighted by Gasteiger charge is -2.31. The van der Waals surface area contributed by atoms with E-state index < -0.39 is 32.7 Å². The van der Waals surface area contributed by atoms with Gasteiger partial charge in [-0.15, -0.1) is 0 Å². The molecular formula is C67H129N2O7P. The second-order valence-electron chi connectivity index (χ2n) is 23.9. The Morgan fingerprint density at radius 1 is 0.481 bits per heavy atom. The minimum absolute atomic E-state index is 0.0496. The molecule has 9 nitrogen and oxygen atoms in total. The Bertz CT molecular complexity index is 1410. The number of hydrogen-bond donors (Lipinski definition) is 3. The standard InChI is InChI=1S/C67H129N2O7P/c1-6-8-10-12-14-16-18-20-21-22-23-24-25-26-27-28-29-30-31-32-33-34-35-36-37-38-39-40-41-42-43-44-45-46-47-48-50-52-54-56-58-60-66(71)68-64(63-76-77(73,74)75-62-61-69(3,4)5)67(72)65(70)59-57-55-53-51-49-19-17-15-13-11-9-7-2/h7,9,15,17,22-23,51,53,64-65,67,70,72H,6,8,10-14,16,18-21,24-50,52,54-63H2,1-5H3,(H-,68,71,73,74)/b9-7+,17-15+,23-22-,53-51+.